The Morgan fingerprint density at radius 1 is 0.440 bits per heavy atom. The number of aliphatic hydroxyl groups is 1. The topological polar surface area (TPSA) is 251 Å². The molecule has 0 unspecified atom stereocenters. The number of aliphatic hydroxyl groups excluding tert-OH is 1. The van der Waals surface area contributed by atoms with E-state index in [9.17, 15) is 23.1 Å². The molecule has 0 saturated heterocycles. The molecule has 19 nitrogen and oxygen atoms in total. The van der Waals surface area contributed by atoms with Gasteiger partial charge in [-0.05, 0) is 117 Å². The average Bonchev–Trinajstić information content (AvgIpc) is 1.66. The van der Waals surface area contributed by atoms with Crippen molar-refractivity contribution in [3.63, 3.8) is 0 Å². The summed E-state index contributed by atoms with van der Waals surface area (Å²) in [6.45, 7) is 36.7. The van der Waals surface area contributed by atoms with E-state index in [-0.39, 0.29) is 39.9 Å². The van der Waals surface area contributed by atoms with Gasteiger partial charge in [-0.2, -0.15) is 13.7 Å². The van der Waals surface area contributed by atoms with Gasteiger partial charge in [-0.3, -0.25) is 14.4 Å². The zero-order chi connectivity index (χ0) is 81.9. The summed E-state index contributed by atoms with van der Waals surface area (Å²) >= 11 is 0. The predicted molar refractivity (Wildman–Crippen MR) is 465 cm³/mol. The molecule has 13 aromatic rings. The number of unbranched alkanes of at least 4 members (excludes halogenated alkanes) is 2. The number of imidazole rings is 4. The summed E-state index contributed by atoms with van der Waals surface area (Å²) in [6, 6.07) is 75.8. The van der Waals surface area contributed by atoms with Crippen LogP contribution in [0.3, 0.4) is 0 Å². The smallest absolute Gasteiger partial charge is 0.335 e. The largest absolute Gasteiger partial charge is 0.478 e. The first kappa shape index (κ1) is 93.2. The number of carbonyl (C=O) groups is 2. The van der Waals surface area contributed by atoms with Crippen LogP contribution in [0.15, 0.2) is 277 Å². The Labute approximate surface area is 702 Å². The fourth-order valence-electron chi connectivity index (χ4n) is 12.6. The Kier molecular flexibility index (Phi) is 38.4. The van der Waals surface area contributed by atoms with Crippen LogP contribution >= 0.6 is 0 Å². The minimum atomic E-state index is -3.70. The zero-order valence-electron chi connectivity index (χ0n) is 66.0. The second-order valence-electron chi connectivity index (χ2n) is 26.9. The van der Waals surface area contributed by atoms with Gasteiger partial charge in [0.1, 0.15) is 23.3 Å². The number of carboxylic acid groups (broad SMARTS) is 2. The number of hydrogen-bond acceptors (Lipinski definition) is 12. The van der Waals surface area contributed by atoms with Gasteiger partial charge in [0, 0.05) is 85.6 Å². The minimum Gasteiger partial charge on any atom is -0.478 e. The number of carboxylic acids is 2. The first-order valence-corrected chi connectivity index (χ1v) is 39.3. The first-order valence-electron chi connectivity index (χ1n) is 37.7. The Bertz CT molecular complexity index is 4990. The van der Waals surface area contributed by atoms with Crippen molar-refractivity contribution in [1.29, 1.82) is 5.26 Å². The number of aliphatic carboxylic acids is 1. The van der Waals surface area contributed by atoms with Crippen molar-refractivity contribution in [3.8, 4) is 6.07 Å². The number of fused-ring (bicyclic) bond motifs is 4. The molecule has 0 amide bonds. The van der Waals surface area contributed by atoms with E-state index in [2.05, 4.69) is 258 Å². The molecule has 4 N–H and O–H groups in total. The second-order valence-corrected chi connectivity index (χ2v) is 28.5. The monoisotopic (exact) mass is 1650 g/mol. The number of rotatable bonds is 31. The Morgan fingerprint density at radius 3 is 0.888 bits per heavy atom. The van der Waals surface area contributed by atoms with Gasteiger partial charge in [-0.1, -0.05) is 274 Å². The number of benzene rings is 9. The maximum absolute atomic E-state index is 13.1. The quantitative estimate of drug-likeness (QED) is 0.0104. The molecule has 0 bridgehead atoms. The number of allylic oxidation sites excluding steroid dienone is 1. The van der Waals surface area contributed by atoms with Crippen LogP contribution in [-0.2, 0) is 101 Å². The molecule has 0 saturated carbocycles. The van der Waals surface area contributed by atoms with Crippen molar-refractivity contribution in [2.24, 2.45) is 0 Å². The summed E-state index contributed by atoms with van der Waals surface area (Å²) in [4.78, 5) is 45.7. The molecular weight excluding hydrogens is 1550 g/mol. The number of nitrogens with zero attached hydrogens (tertiary/aromatic N) is 11. The molecule has 116 heavy (non-hydrogen) atoms. The third-order valence-electron chi connectivity index (χ3n) is 18.2. The number of para-hydroxylation sites is 8. The average molecular weight is 1650 g/mol. The van der Waals surface area contributed by atoms with Gasteiger partial charge in [0.15, 0.2) is 0 Å². The van der Waals surface area contributed by atoms with Gasteiger partial charge in [0.05, 0.1) is 93.8 Å². The third-order valence-corrected chi connectivity index (χ3v) is 19.0. The van der Waals surface area contributed by atoms with E-state index >= 15 is 0 Å². The fourth-order valence-corrected chi connectivity index (χ4v) is 13.1. The molecule has 0 aliphatic rings. The van der Waals surface area contributed by atoms with Crippen LogP contribution in [0.5, 0.6) is 0 Å². The van der Waals surface area contributed by atoms with Crippen LogP contribution in [0.4, 0.5) is 0 Å². The molecule has 600 valence electrons. The summed E-state index contributed by atoms with van der Waals surface area (Å²) in [5, 5.41) is 36.7. The fraction of sp³-hybridized carbons (Fsp3) is 0.202. The van der Waals surface area contributed by atoms with Crippen molar-refractivity contribution in [2.75, 3.05) is 18.8 Å². The summed E-state index contributed by atoms with van der Waals surface area (Å²) in [5.74, 6) is 1.60. The summed E-state index contributed by atoms with van der Waals surface area (Å²) in [7, 11) is -3.70. The Hall–Kier alpha value is -11.7. The van der Waals surface area contributed by atoms with Crippen LogP contribution in [0.2, 0.25) is 0 Å². The molecule has 4 heterocycles. The van der Waals surface area contributed by atoms with Crippen molar-refractivity contribution in [2.45, 2.75) is 105 Å². The van der Waals surface area contributed by atoms with Gasteiger partial charge in [0.25, 0.3) is 10.1 Å². The maximum Gasteiger partial charge on any atom is 0.335 e. The number of hydrogen-bond donors (Lipinski definition) is 4. The first-order chi connectivity index (χ1) is 55.2. The minimum absolute atomic E-state index is 0. The molecule has 13 rings (SSSR count). The summed E-state index contributed by atoms with van der Waals surface area (Å²) in [5.41, 5.74) is 18.0. The van der Waals surface area contributed by atoms with Crippen LogP contribution in [-0.4, -0.2) is 113 Å². The molecule has 0 aliphatic heterocycles. The third kappa shape index (κ3) is 28.1. The summed E-state index contributed by atoms with van der Waals surface area (Å²) < 4.78 is 37.6. The second kappa shape index (κ2) is 47.9. The van der Waals surface area contributed by atoms with Crippen molar-refractivity contribution in [3.05, 3.63) is 356 Å². The number of nitriles is 1. The van der Waals surface area contributed by atoms with Crippen LogP contribution in [0.1, 0.15) is 130 Å². The molecule has 0 fully saturated rings. The van der Waals surface area contributed by atoms with E-state index in [1.165, 1.54) is 12.5 Å². The molecule has 4 aromatic heterocycles. The van der Waals surface area contributed by atoms with Gasteiger partial charge in [-0.25, -0.2) is 29.5 Å². The maximum atomic E-state index is 13.1. The van der Waals surface area contributed by atoms with Crippen molar-refractivity contribution >= 4 is 96.6 Å². The van der Waals surface area contributed by atoms with E-state index in [0.29, 0.717) is 77.4 Å². The summed E-state index contributed by atoms with van der Waals surface area (Å²) in [6.07, 6.45) is 14.0. The number of aromatic nitrogens is 8. The van der Waals surface area contributed by atoms with E-state index in [0.717, 1.165) is 136 Å². The predicted octanol–water partition coefficient (Wildman–Crippen LogP) is 19.4. The standard InChI is InChI=1S/C71H66N10O.C9H8O2.C5H12O3S.C3H3N.C3H4O2.C3H8.2Mn/c1-5-51-25-33-55(34-26-51)41-78-64-21-13-9-17-60(64)72-68(78)47-76(48-69-73-61-18-10-14-22-65(61)79(69)42-56-35-27-52(6-2)28-36-56)45-59(82)46-77(49-70-74-62-19-11-15-23-66(62)80(70)43-57-37-29-53(7-3)30-38-57)50-71-75-63-20-12-16-24-67(63)81(71)44-58-39-31-54(8-4)32-40-58;1-2-7-3-5-8(6-4-7)9(10)11;1-2-3-4-5-9(6,7)8;1-2-3-4;1-2-3(4)5;1-3-2;;/h5-40,59,82H,1-4,41-50H2;2-6H,1H2,(H,10,11);2-5H2,1H3,(H,6,7,8);2H,1H2;2H,1H2,(H,4,5);3H2,1-2H3;;. The van der Waals surface area contributed by atoms with Gasteiger partial charge >= 0.3 is 11.9 Å². The van der Waals surface area contributed by atoms with E-state index in [1.54, 1.807) is 36.4 Å². The normalized spacial score (nSPS) is 10.6. The van der Waals surface area contributed by atoms with Gasteiger partial charge in [-0.15, -0.1) is 0 Å². The molecule has 2 radical (unpaired) electrons. The molecule has 22 heteroatoms. The van der Waals surface area contributed by atoms with E-state index in [1.807, 2.05) is 55.5 Å². The molecule has 0 spiro atoms. The van der Waals surface area contributed by atoms with E-state index in [4.69, 9.17) is 40.0 Å². The van der Waals surface area contributed by atoms with E-state index < -0.39 is 28.2 Å². The SMILES string of the molecule is C=CC#N.C=CC(=O)O.C=Cc1ccc(C(=O)O)cc1.C=Cc1ccc(Cn2c(CN(Cc3nc4ccccc4n3Cc3ccc(C=C)cc3)CC(O)CN(Cc3nc4ccccc4n3Cc3ccc(C=C)cc3)Cc3nc4ccccc4n3Cc3ccc(C=C)cc3)nc3ccccc32)cc1.CCC.CCCCCS(=O)(=O)O.[Mn].[Mn]. The number of aromatic carboxylic acids is 1. The molecular formula is C94H101Mn2N11O8S. The van der Waals surface area contributed by atoms with Crippen molar-refractivity contribution in [1.82, 2.24) is 48.0 Å². The van der Waals surface area contributed by atoms with Crippen LogP contribution < -0.4 is 0 Å². The molecule has 0 atom stereocenters. The zero-order valence-corrected chi connectivity index (χ0v) is 69.1. The van der Waals surface area contributed by atoms with Crippen LogP contribution in [0.25, 0.3) is 74.5 Å². The molecule has 0 aliphatic carbocycles. The Morgan fingerprint density at radius 2 is 0.681 bits per heavy atom. The Balaban J connectivity index is 0.000000518. The van der Waals surface area contributed by atoms with Gasteiger partial charge < -0.3 is 33.6 Å². The van der Waals surface area contributed by atoms with Crippen LogP contribution in [0, 0.1) is 11.3 Å². The van der Waals surface area contributed by atoms with Gasteiger partial charge in [0.2, 0.25) is 0 Å². The van der Waals surface area contributed by atoms with Crippen molar-refractivity contribution < 1.29 is 72.0 Å². The molecule has 9 aromatic carbocycles.